The highest BCUT2D eigenvalue weighted by Crippen LogP contribution is 2.20. The summed E-state index contributed by atoms with van der Waals surface area (Å²) in [6, 6.07) is 1.16. The molecule has 0 saturated carbocycles. The molecule has 5 heteroatoms. The van der Waals surface area contributed by atoms with Crippen LogP contribution in [0.15, 0.2) is 0 Å². The van der Waals surface area contributed by atoms with Gasteiger partial charge in [-0.05, 0) is 51.2 Å². The quantitative estimate of drug-likeness (QED) is 0.695. The second-order valence-corrected chi connectivity index (χ2v) is 7.04. The summed E-state index contributed by atoms with van der Waals surface area (Å²) in [6.07, 6.45) is 4.79. The van der Waals surface area contributed by atoms with E-state index in [0.29, 0.717) is 12.0 Å². The molecule has 0 bridgehead atoms. The maximum absolute atomic E-state index is 12.3. The van der Waals surface area contributed by atoms with E-state index in [1.165, 1.54) is 12.8 Å². The summed E-state index contributed by atoms with van der Waals surface area (Å²) >= 11 is 0. The molecule has 2 unspecified atom stereocenters. The molecule has 3 fully saturated rings. The third-order valence-corrected chi connectivity index (χ3v) is 5.56. The van der Waals surface area contributed by atoms with E-state index in [0.717, 1.165) is 58.2 Å². The van der Waals surface area contributed by atoms with Crippen molar-refractivity contribution < 1.29 is 4.79 Å². The van der Waals surface area contributed by atoms with Gasteiger partial charge in [0, 0.05) is 31.7 Å². The lowest BCUT2D eigenvalue weighted by Crippen LogP contribution is -2.51. The van der Waals surface area contributed by atoms with Crippen molar-refractivity contribution >= 4 is 5.91 Å². The number of amides is 1. The summed E-state index contributed by atoms with van der Waals surface area (Å²) in [7, 11) is 0. The SMILES string of the molecule is CC1CNCC1C(=O)NC1CCN(C2CCNCC2)CC1. The molecule has 0 aromatic heterocycles. The van der Waals surface area contributed by atoms with Crippen molar-refractivity contribution in [3.63, 3.8) is 0 Å². The number of carbonyl (C=O) groups excluding carboxylic acids is 1. The van der Waals surface area contributed by atoms with Gasteiger partial charge in [0.1, 0.15) is 0 Å². The smallest absolute Gasteiger partial charge is 0.224 e. The van der Waals surface area contributed by atoms with Crippen LogP contribution in [0.2, 0.25) is 0 Å². The van der Waals surface area contributed by atoms with Crippen LogP contribution in [0.1, 0.15) is 32.6 Å². The third-order valence-electron chi connectivity index (χ3n) is 5.56. The minimum Gasteiger partial charge on any atom is -0.353 e. The average Bonchev–Trinajstić information content (AvgIpc) is 2.95. The Morgan fingerprint density at radius 1 is 1.05 bits per heavy atom. The molecule has 21 heavy (non-hydrogen) atoms. The summed E-state index contributed by atoms with van der Waals surface area (Å²) in [5.41, 5.74) is 0. The van der Waals surface area contributed by atoms with Crippen LogP contribution in [-0.2, 0) is 4.79 Å². The number of nitrogens with one attached hydrogen (secondary N) is 3. The van der Waals surface area contributed by atoms with Gasteiger partial charge in [0.15, 0.2) is 0 Å². The molecule has 5 nitrogen and oxygen atoms in total. The number of nitrogens with zero attached hydrogens (tertiary/aromatic N) is 1. The van der Waals surface area contributed by atoms with E-state index < -0.39 is 0 Å². The third kappa shape index (κ3) is 3.76. The van der Waals surface area contributed by atoms with Gasteiger partial charge in [-0.1, -0.05) is 6.92 Å². The van der Waals surface area contributed by atoms with Crippen LogP contribution in [0.5, 0.6) is 0 Å². The molecule has 0 aromatic rings. The number of carbonyl (C=O) groups is 1. The molecular formula is C16H30N4O. The van der Waals surface area contributed by atoms with Gasteiger partial charge >= 0.3 is 0 Å². The highest BCUT2D eigenvalue weighted by atomic mass is 16.2. The van der Waals surface area contributed by atoms with Gasteiger partial charge in [-0.3, -0.25) is 4.79 Å². The van der Waals surface area contributed by atoms with E-state index in [-0.39, 0.29) is 11.8 Å². The Hall–Kier alpha value is -0.650. The second kappa shape index (κ2) is 7.07. The van der Waals surface area contributed by atoms with Crippen molar-refractivity contribution in [1.29, 1.82) is 0 Å². The molecule has 3 heterocycles. The van der Waals surface area contributed by atoms with Gasteiger partial charge in [-0.2, -0.15) is 0 Å². The first-order chi connectivity index (χ1) is 10.2. The van der Waals surface area contributed by atoms with Crippen LogP contribution >= 0.6 is 0 Å². The fourth-order valence-electron chi connectivity index (χ4n) is 4.05. The first kappa shape index (κ1) is 15.3. The van der Waals surface area contributed by atoms with Crippen molar-refractivity contribution in [3.05, 3.63) is 0 Å². The number of hydrogen-bond acceptors (Lipinski definition) is 4. The Morgan fingerprint density at radius 3 is 2.38 bits per heavy atom. The predicted molar refractivity (Wildman–Crippen MR) is 84.2 cm³/mol. The van der Waals surface area contributed by atoms with E-state index in [1.54, 1.807) is 0 Å². The van der Waals surface area contributed by atoms with Gasteiger partial charge in [-0.25, -0.2) is 0 Å². The molecule has 3 rings (SSSR count). The van der Waals surface area contributed by atoms with Crippen molar-refractivity contribution in [1.82, 2.24) is 20.9 Å². The number of piperidine rings is 2. The van der Waals surface area contributed by atoms with E-state index in [4.69, 9.17) is 0 Å². The minimum atomic E-state index is 0.174. The van der Waals surface area contributed by atoms with E-state index in [1.807, 2.05) is 0 Å². The van der Waals surface area contributed by atoms with Crippen LogP contribution in [0.4, 0.5) is 0 Å². The number of hydrogen-bond donors (Lipinski definition) is 3. The van der Waals surface area contributed by atoms with Crippen molar-refractivity contribution in [2.24, 2.45) is 11.8 Å². The molecule has 2 atom stereocenters. The summed E-state index contributed by atoms with van der Waals surface area (Å²) in [6.45, 7) is 8.61. The highest BCUT2D eigenvalue weighted by molar-refractivity contribution is 5.79. The fraction of sp³-hybridized carbons (Fsp3) is 0.938. The predicted octanol–water partition coefficient (Wildman–Crippen LogP) is 0.175. The Morgan fingerprint density at radius 2 is 1.76 bits per heavy atom. The minimum absolute atomic E-state index is 0.174. The fourth-order valence-corrected chi connectivity index (χ4v) is 4.05. The lowest BCUT2D eigenvalue weighted by Gasteiger charge is -2.39. The Balaban J connectivity index is 1.42. The standard InChI is InChI=1S/C16H30N4O/c1-12-10-18-11-15(12)16(21)19-13-4-8-20(9-5-13)14-2-6-17-7-3-14/h12-15,17-18H,2-11H2,1H3,(H,19,21). The van der Waals surface area contributed by atoms with E-state index in [9.17, 15) is 4.79 Å². The molecule has 120 valence electrons. The molecule has 1 amide bonds. The Labute approximate surface area is 128 Å². The van der Waals surface area contributed by atoms with E-state index >= 15 is 0 Å². The molecule has 0 radical (unpaired) electrons. The lowest BCUT2D eigenvalue weighted by atomic mass is 9.95. The molecule has 0 aliphatic carbocycles. The van der Waals surface area contributed by atoms with Crippen LogP contribution in [0.25, 0.3) is 0 Å². The molecular weight excluding hydrogens is 264 g/mol. The number of rotatable bonds is 3. The Bertz CT molecular complexity index is 348. The lowest BCUT2D eigenvalue weighted by molar-refractivity contribution is -0.126. The zero-order valence-corrected chi connectivity index (χ0v) is 13.2. The zero-order chi connectivity index (χ0) is 14.7. The van der Waals surface area contributed by atoms with Gasteiger partial charge < -0.3 is 20.9 Å². The highest BCUT2D eigenvalue weighted by Gasteiger charge is 2.32. The average molecular weight is 294 g/mol. The summed E-state index contributed by atoms with van der Waals surface area (Å²) in [5, 5.41) is 10.0. The number of likely N-dealkylation sites (tertiary alicyclic amines) is 1. The van der Waals surface area contributed by atoms with Crippen LogP contribution < -0.4 is 16.0 Å². The van der Waals surface area contributed by atoms with Gasteiger partial charge in [0.05, 0.1) is 5.92 Å². The molecule has 0 spiro atoms. The van der Waals surface area contributed by atoms with Gasteiger partial charge in [-0.15, -0.1) is 0 Å². The Kier molecular flexibility index (Phi) is 5.14. The maximum Gasteiger partial charge on any atom is 0.224 e. The largest absolute Gasteiger partial charge is 0.353 e. The summed E-state index contributed by atoms with van der Waals surface area (Å²) in [5.74, 6) is 0.917. The molecule has 3 aliphatic rings. The zero-order valence-electron chi connectivity index (χ0n) is 13.2. The second-order valence-electron chi connectivity index (χ2n) is 7.04. The van der Waals surface area contributed by atoms with Crippen molar-refractivity contribution in [3.8, 4) is 0 Å². The van der Waals surface area contributed by atoms with Crippen molar-refractivity contribution in [2.45, 2.75) is 44.7 Å². The monoisotopic (exact) mass is 294 g/mol. The maximum atomic E-state index is 12.3. The van der Waals surface area contributed by atoms with Gasteiger partial charge in [0.2, 0.25) is 5.91 Å². The van der Waals surface area contributed by atoms with Crippen molar-refractivity contribution in [2.75, 3.05) is 39.3 Å². The van der Waals surface area contributed by atoms with E-state index in [2.05, 4.69) is 27.8 Å². The first-order valence-electron chi connectivity index (χ1n) is 8.70. The van der Waals surface area contributed by atoms with Crippen LogP contribution in [-0.4, -0.2) is 62.2 Å². The van der Waals surface area contributed by atoms with Crippen LogP contribution in [0, 0.1) is 11.8 Å². The molecule has 3 aliphatic heterocycles. The molecule has 3 N–H and O–H groups in total. The first-order valence-corrected chi connectivity index (χ1v) is 8.70. The van der Waals surface area contributed by atoms with Crippen LogP contribution in [0.3, 0.4) is 0 Å². The summed E-state index contributed by atoms with van der Waals surface area (Å²) in [4.78, 5) is 15.0. The topological polar surface area (TPSA) is 56.4 Å². The summed E-state index contributed by atoms with van der Waals surface area (Å²) < 4.78 is 0. The normalized spacial score (nSPS) is 33.2. The molecule has 0 aromatic carbocycles. The molecule has 3 saturated heterocycles. The van der Waals surface area contributed by atoms with Gasteiger partial charge in [0.25, 0.3) is 0 Å².